The van der Waals surface area contributed by atoms with E-state index < -0.39 is 0 Å². The molecule has 100 valence electrons. The first-order valence-corrected chi connectivity index (χ1v) is 6.80. The molecule has 3 nitrogen and oxygen atoms in total. The minimum atomic E-state index is 0.0120. The van der Waals surface area contributed by atoms with Crippen LogP contribution in [0.2, 0.25) is 0 Å². The predicted molar refractivity (Wildman–Crippen MR) is 72.6 cm³/mol. The molecule has 1 aromatic rings. The summed E-state index contributed by atoms with van der Waals surface area (Å²) in [6.07, 6.45) is 3.10. The summed E-state index contributed by atoms with van der Waals surface area (Å²) in [7, 11) is 2.16. The molecule has 0 bridgehead atoms. The Balaban J connectivity index is 1.61. The van der Waals surface area contributed by atoms with E-state index in [4.69, 9.17) is 9.47 Å². The molecule has 1 aliphatic rings. The highest BCUT2D eigenvalue weighted by Crippen LogP contribution is 2.09. The van der Waals surface area contributed by atoms with Crippen molar-refractivity contribution in [1.29, 1.82) is 0 Å². The summed E-state index contributed by atoms with van der Waals surface area (Å²) < 4.78 is 11.1. The number of hydrogen-bond acceptors (Lipinski definition) is 3. The fourth-order valence-corrected chi connectivity index (χ4v) is 2.11. The second-order valence-corrected chi connectivity index (χ2v) is 4.85. The molecule has 18 heavy (non-hydrogen) atoms. The lowest BCUT2D eigenvalue weighted by Crippen LogP contribution is -2.30. The van der Waals surface area contributed by atoms with Crippen LogP contribution < -0.4 is 0 Å². The Bertz CT molecular complexity index is 323. The molecule has 1 saturated heterocycles. The fourth-order valence-electron chi connectivity index (χ4n) is 2.11. The molecule has 0 saturated carbocycles. The van der Waals surface area contributed by atoms with Gasteiger partial charge in [-0.05, 0) is 25.5 Å². The lowest BCUT2D eigenvalue weighted by Gasteiger charge is -2.25. The molecule has 0 aromatic heterocycles. The summed E-state index contributed by atoms with van der Waals surface area (Å²) in [4.78, 5) is 2.34. The number of benzene rings is 1. The van der Waals surface area contributed by atoms with Crippen molar-refractivity contribution in [2.24, 2.45) is 0 Å². The van der Waals surface area contributed by atoms with Crippen molar-refractivity contribution in [3.63, 3.8) is 0 Å². The van der Waals surface area contributed by atoms with Crippen molar-refractivity contribution < 1.29 is 9.47 Å². The molecule has 0 aliphatic carbocycles. The van der Waals surface area contributed by atoms with Crippen molar-refractivity contribution in [2.45, 2.75) is 25.6 Å². The molecule has 3 heteroatoms. The van der Waals surface area contributed by atoms with Crippen LogP contribution in [0.3, 0.4) is 0 Å². The third-order valence-corrected chi connectivity index (χ3v) is 3.27. The summed E-state index contributed by atoms with van der Waals surface area (Å²) in [5.74, 6) is 0. The van der Waals surface area contributed by atoms with Crippen LogP contribution in [0.15, 0.2) is 30.3 Å². The maximum atomic E-state index is 5.54. The Morgan fingerprint density at radius 2 is 1.83 bits per heavy atom. The molecule has 1 fully saturated rings. The molecule has 1 heterocycles. The van der Waals surface area contributed by atoms with Crippen molar-refractivity contribution in [3.8, 4) is 0 Å². The zero-order chi connectivity index (χ0) is 12.6. The van der Waals surface area contributed by atoms with Crippen molar-refractivity contribution in [2.75, 3.05) is 33.4 Å². The van der Waals surface area contributed by atoms with Crippen molar-refractivity contribution >= 4 is 0 Å². The Hall–Kier alpha value is -0.900. The third kappa shape index (κ3) is 4.77. The van der Waals surface area contributed by atoms with Crippen LogP contribution in [0.25, 0.3) is 0 Å². The number of nitrogens with zero attached hydrogens (tertiary/aromatic N) is 1. The van der Waals surface area contributed by atoms with Crippen LogP contribution in [-0.4, -0.2) is 44.5 Å². The van der Waals surface area contributed by atoms with Gasteiger partial charge in [0.1, 0.15) is 0 Å². The van der Waals surface area contributed by atoms with Gasteiger partial charge in [-0.1, -0.05) is 30.3 Å². The van der Waals surface area contributed by atoms with E-state index >= 15 is 0 Å². The zero-order valence-electron chi connectivity index (χ0n) is 11.2. The molecule has 0 radical (unpaired) electrons. The first-order valence-electron chi connectivity index (χ1n) is 6.80. The minimum Gasteiger partial charge on any atom is -0.353 e. The van der Waals surface area contributed by atoms with Gasteiger partial charge >= 0.3 is 0 Å². The van der Waals surface area contributed by atoms with E-state index in [1.54, 1.807) is 0 Å². The highest BCUT2D eigenvalue weighted by molar-refractivity contribution is 5.14. The highest BCUT2D eigenvalue weighted by atomic mass is 16.7. The second kappa shape index (κ2) is 7.52. The lowest BCUT2D eigenvalue weighted by atomic mass is 10.1. The number of rotatable bonds is 6. The van der Waals surface area contributed by atoms with Crippen LogP contribution in [-0.2, 0) is 15.9 Å². The molecule has 0 amide bonds. The standard InChI is InChI=1S/C15H23NO2/c1-16(10-8-14-6-3-2-4-7-14)11-9-15-17-12-5-13-18-15/h2-4,6-7,15H,5,8-13H2,1H3. The van der Waals surface area contributed by atoms with Gasteiger partial charge in [-0.2, -0.15) is 0 Å². The van der Waals surface area contributed by atoms with Crippen molar-refractivity contribution in [1.82, 2.24) is 4.90 Å². The third-order valence-electron chi connectivity index (χ3n) is 3.27. The Kier molecular flexibility index (Phi) is 5.65. The van der Waals surface area contributed by atoms with Crippen molar-refractivity contribution in [3.05, 3.63) is 35.9 Å². The molecular formula is C15H23NO2. The van der Waals surface area contributed by atoms with Gasteiger partial charge in [0.15, 0.2) is 6.29 Å². The van der Waals surface area contributed by atoms with Gasteiger partial charge in [0, 0.05) is 19.5 Å². The molecule has 0 unspecified atom stereocenters. The van der Waals surface area contributed by atoms with Gasteiger partial charge in [-0.15, -0.1) is 0 Å². The van der Waals surface area contributed by atoms with Crippen LogP contribution in [0, 0.1) is 0 Å². The van der Waals surface area contributed by atoms with Crippen LogP contribution in [0.1, 0.15) is 18.4 Å². The van der Waals surface area contributed by atoms with Crippen LogP contribution in [0.4, 0.5) is 0 Å². The summed E-state index contributed by atoms with van der Waals surface area (Å²) >= 11 is 0. The smallest absolute Gasteiger partial charge is 0.158 e. The fraction of sp³-hybridized carbons (Fsp3) is 0.600. The molecule has 2 rings (SSSR count). The normalized spacial score (nSPS) is 17.2. The topological polar surface area (TPSA) is 21.7 Å². The van der Waals surface area contributed by atoms with E-state index in [0.717, 1.165) is 45.6 Å². The molecule has 0 spiro atoms. The summed E-state index contributed by atoms with van der Waals surface area (Å²) in [5, 5.41) is 0. The van der Waals surface area contributed by atoms with Crippen LogP contribution in [0.5, 0.6) is 0 Å². The molecule has 0 N–H and O–H groups in total. The highest BCUT2D eigenvalue weighted by Gasteiger charge is 2.14. The first kappa shape index (κ1) is 13.5. The SMILES string of the molecule is CN(CCc1ccccc1)CCC1OCCCO1. The Morgan fingerprint density at radius 3 is 2.56 bits per heavy atom. The largest absolute Gasteiger partial charge is 0.353 e. The quantitative estimate of drug-likeness (QED) is 0.772. The predicted octanol–water partition coefficient (Wildman–Crippen LogP) is 2.31. The van der Waals surface area contributed by atoms with Gasteiger partial charge in [-0.3, -0.25) is 0 Å². The molecule has 1 aromatic carbocycles. The monoisotopic (exact) mass is 249 g/mol. The number of likely N-dealkylation sites (N-methyl/N-ethyl adjacent to an activating group) is 1. The van der Waals surface area contributed by atoms with Gasteiger partial charge in [0.25, 0.3) is 0 Å². The zero-order valence-corrected chi connectivity index (χ0v) is 11.2. The van der Waals surface area contributed by atoms with E-state index in [-0.39, 0.29) is 6.29 Å². The second-order valence-electron chi connectivity index (χ2n) is 4.85. The molecular weight excluding hydrogens is 226 g/mol. The summed E-state index contributed by atoms with van der Waals surface area (Å²) in [6, 6.07) is 10.6. The van der Waals surface area contributed by atoms with E-state index in [0.29, 0.717) is 0 Å². The van der Waals surface area contributed by atoms with E-state index in [2.05, 4.69) is 42.3 Å². The van der Waals surface area contributed by atoms with Gasteiger partial charge in [0.2, 0.25) is 0 Å². The maximum absolute atomic E-state index is 5.54. The van der Waals surface area contributed by atoms with Crippen LogP contribution >= 0.6 is 0 Å². The summed E-state index contributed by atoms with van der Waals surface area (Å²) in [5.41, 5.74) is 1.40. The van der Waals surface area contributed by atoms with E-state index in [1.165, 1.54) is 5.56 Å². The van der Waals surface area contributed by atoms with E-state index in [9.17, 15) is 0 Å². The number of hydrogen-bond donors (Lipinski definition) is 0. The van der Waals surface area contributed by atoms with E-state index in [1.807, 2.05) is 0 Å². The maximum Gasteiger partial charge on any atom is 0.158 e. The average molecular weight is 249 g/mol. The Morgan fingerprint density at radius 1 is 1.11 bits per heavy atom. The number of ether oxygens (including phenoxy) is 2. The lowest BCUT2D eigenvalue weighted by molar-refractivity contribution is -0.182. The Labute approximate surface area is 110 Å². The average Bonchev–Trinajstić information content (AvgIpc) is 2.45. The minimum absolute atomic E-state index is 0.0120. The van der Waals surface area contributed by atoms with Gasteiger partial charge in [-0.25, -0.2) is 0 Å². The molecule has 1 aliphatic heterocycles. The molecule has 0 atom stereocenters. The summed E-state index contributed by atoms with van der Waals surface area (Å²) in [6.45, 7) is 3.80. The first-order chi connectivity index (χ1) is 8.84. The van der Waals surface area contributed by atoms with Gasteiger partial charge in [0.05, 0.1) is 13.2 Å². The van der Waals surface area contributed by atoms with Gasteiger partial charge < -0.3 is 14.4 Å².